The molecule has 2 aliphatic rings. The van der Waals surface area contributed by atoms with Crippen molar-refractivity contribution >= 4 is 86.7 Å². The van der Waals surface area contributed by atoms with Gasteiger partial charge in [0.2, 0.25) is 34.2 Å². The Morgan fingerprint density at radius 1 is 0.519 bits per heavy atom. The molecule has 404 valence electrons. The Kier molecular flexibility index (Phi) is 23.5. The molecule has 0 saturated carbocycles. The Morgan fingerprint density at radius 3 is 1.28 bits per heavy atom. The fourth-order valence-corrected chi connectivity index (χ4v) is 8.08. The summed E-state index contributed by atoms with van der Waals surface area (Å²) in [7, 11) is 3.49. The number of benzene rings is 5. The molecular formula is C58H62Cl2N13NaO5. The van der Waals surface area contributed by atoms with Crippen LogP contribution < -0.4 is 65.5 Å². The minimum atomic E-state index is -0.0946. The van der Waals surface area contributed by atoms with E-state index in [0.717, 1.165) is 115 Å². The molecule has 4 N–H and O–H groups in total. The number of anilines is 8. The summed E-state index contributed by atoms with van der Waals surface area (Å²) in [5, 5.41) is 6.40. The van der Waals surface area contributed by atoms with Crippen molar-refractivity contribution in [1.29, 1.82) is 0 Å². The van der Waals surface area contributed by atoms with E-state index in [1.807, 2.05) is 103 Å². The van der Waals surface area contributed by atoms with Gasteiger partial charge in [-0.2, -0.15) is 0 Å². The fraction of sp³-hybridized carbons (Fsp3) is 0.224. The minimum absolute atomic E-state index is 0. The van der Waals surface area contributed by atoms with E-state index in [0.29, 0.717) is 5.95 Å². The molecule has 10 rings (SSSR count). The van der Waals surface area contributed by atoms with Crippen LogP contribution in [0.1, 0.15) is 22.2 Å². The topological polar surface area (TPSA) is 210 Å². The first kappa shape index (κ1) is 60.7. The molecule has 79 heavy (non-hydrogen) atoms. The van der Waals surface area contributed by atoms with Crippen LogP contribution >= 0.6 is 23.2 Å². The molecule has 0 spiro atoms. The molecule has 0 unspecified atom stereocenters. The zero-order valence-corrected chi connectivity index (χ0v) is 48.5. The van der Waals surface area contributed by atoms with Gasteiger partial charge in [-0.1, -0.05) is 36.4 Å². The number of amides is 3. The number of aromatic nitrogens is 6. The van der Waals surface area contributed by atoms with Crippen molar-refractivity contribution in [3.63, 3.8) is 0 Å². The number of carbonyl (C=O) groups excluding carboxylic acids is 3. The summed E-state index contributed by atoms with van der Waals surface area (Å²) in [6.07, 6.45) is 4.95. The molecule has 0 bridgehead atoms. The maximum absolute atomic E-state index is 11.5. The van der Waals surface area contributed by atoms with Crippen LogP contribution in [0.4, 0.5) is 45.8 Å². The normalized spacial score (nSPS) is 12.5. The van der Waals surface area contributed by atoms with Crippen LogP contribution in [0.3, 0.4) is 0 Å². The van der Waals surface area contributed by atoms with Crippen LogP contribution in [0.5, 0.6) is 0 Å². The summed E-state index contributed by atoms with van der Waals surface area (Å²) in [5.41, 5.74) is 17.4. The Morgan fingerprint density at radius 2 is 0.886 bits per heavy atom. The van der Waals surface area contributed by atoms with Crippen molar-refractivity contribution in [1.82, 2.24) is 29.9 Å². The SMILES string of the molecule is CC(=O)N(C)c1ccc(-c2ccnc(Cl)n2)cc1.CC(=O)N(C)c1ccc(-c2ccnc(Nc3ccc(N4CCOCC4)cc3)n2)cc1.CC(=O)Nc1ccc(-c2ccnc(Cl)n2)cc1.Nc1ccc(N2CCOCC2)cc1.[H-].[Na+]. The monoisotopic (exact) mass is 1110 g/mol. The zero-order valence-electron chi connectivity index (χ0n) is 46.0. The van der Waals surface area contributed by atoms with E-state index in [9.17, 15) is 14.4 Å². The molecule has 5 aromatic carbocycles. The summed E-state index contributed by atoms with van der Waals surface area (Å²) < 4.78 is 10.7. The third kappa shape index (κ3) is 18.8. The summed E-state index contributed by atoms with van der Waals surface area (Å²) >= 11 is 11.5. The Bertz CT molecular complexity index is 3220. The molecule has 18 nitrogen and oxygen atoms in total. The smallest absolute Gasteiger partial charge is 1.00 e. The molecule has 3 amide bonds. The van der Waals surface area contributed by atoms with Crippen molar-refractivity contribution < 1.29 is 54.8 Å². The largest absolute Gasteiger partial charge is 1.00 e. The number of hydrogen-bond donors (Lipinski definition) is 3. The number of nitrogens with one attached hydrogen (secondary N) is 2. The molecule has 2 saturated heterocycles. The van der Waals surface area contributed by atoms with Gasteiger partial charge in [-0.05, 0) is 126 Å². The van der Waals surface area contributed by atoms with Crippen LogP contribution in [-0.2, 0) is 23.9 Å². The van der Waals surface area contributed by atoms with Gasteiger partial charge in [-0.3, -0.25) is 14.4 Å². The van der Waals surface area contributed by atoms with Crippen molar-refractivity contribution in [2.45, 2.75) is 20.8 Å². The first-order chi connectivity index (χ1) is 37.7. The molecule has 3 aromatic heterocycles. The number of nitrogen functional groups attached to an aromatic ring is 1. The van der Waals surface area contributed by atoms with Gasteiger partial charge in [0.1, 0.15) is 0 Å². The molecule has 0 atom stereocenters. The third-order valence-electron chi connectivity index (χ3n) is 12.2. The van der Waals surface area contributed by atoms with Gasteiger partial charge in [0, 0.05) is 136 Å². The van der Waals surface area contributed by atoms with Gasteiger partial charge in [-0.15, -0.1) is 0 Å². The Balaban J connectivity index is 0.000000205. The number of nitrogens with zero attached hydrogens (tertiary/aromatic N) is 10. The Hall–Kier alpha value is -7.55. The van der Waals surface area contributed by atoms with Crippen LogP contribution in [0.15, 0.2) is 158 Å². The first-order valence-electron chi connectivity index (χ1n) is 24.9. The molecule has 2 fully saturated rings. The van der Waals surface area contributed by atoms with Crippen molar-refractivity contribution in [3.05, 3.63) is 169 Å². The van der Waals surface area contributed by atoms with E-state index in [2.05, 4.69) is 74.6 Å². The van der Waals surface area contributed by atoms with Crippen molar-refractivity contribution in [2.24, 2.45) is 0 Å². The summed E-state index contributed by atoms with van der Waals surface area (Å²) in [6.45, 7) is 11.5. The van der Waals surface area contributed by atoms with Crippen LogP contribution in [0.2, 0.25) is 10.6 Å². The third-order valence-corrected chi connectivity index (χ3v) is 12.6. The Labute approximate surface area is 494 Å². The second kappa shape index (κ2) is 30.6. The zero-order chi connectivity index (χ0) is 55.4. The standard InChI is InChI=1S/C23H25N5O2.C13H12ClN3O.C12H10ClN3O.C10H14N2O.Na.H/c1-17(29)27(2)20-7-3-18(4-8-20)22-11-12-24-23(26-22)25-19-5-9-21(10-6-19)28-13-15-30-16-14-28;1-9(18)17(2)11-5-3-10(4-6-11)12-7-8-15-13(14)16-12;1-8(17)15-10-4-2-9(3-5-10)11-6-7-14-12(13)16-11;11-9-1-3-10(4-2-9)12-5-7-13-8-6-12;;/h3-12H,13-16H2,1-2H3,(H,24,25,26);3-8H,1-2H3;2-7H,1H3,(H,15,17);1-4H,5-8,11H2;;/q;;;;+1;-1. The van der Waals surface area contributed by atoms with E-state index in [4.69, 9.17) is 38.4 Å². The van der Waals surface area contributed by atoms with Crippen LogP contribution in [0, 0.1) is 0 Å². The number of nitrogens with two attached hydrogens (primary N) is 1. The maximum Gasteiger partial charge on any atom is 1.00 e. The van der Waals surface area contributed by atoms with E-state index in [1.165, 1.54) is 25.2 Å². The summed E-state index contributed by atoms with van der Waals surface area (Å²) in [5.74, 6) is 0.433. The first-order valence-corrected chi connectivity index (χ1v) is 25.7. The predicted molar refractivity (Wildman–Crippen MR) is 313 cm³/mol. The minimum Gasteiger partial charge on any atom is -1.00 e. The average molecular weight is 1120 g/mol. The van der Waals surface area contributed by atoms with Gasteiger partial charge in [-0.25, -0.2) is 29.9 Å². The second-order valence-electron chi connectivity index (χ2n) is 17.7. The number of ether oxygens (including phenoxy) is 2. The summed E-state index contributed by atoms with van der Waals surface area (Å²) in [6, 6.07) is 44.3. The molecular weight excluding hydrogens is 1050 g/mol. The molecule has 2 aliphatic heterocycles. The molecule has 8 aromatic rings. The molecule has 0 radical (unpaired) electrons. The van der Waals surface area contributed by atoms with Gasteiger partial charge in [0.05, 0.1) is 43.5 Å². The van der Waals surface area contributed by atoms with Crippen LogP contribution in [0.25, 0.3) is 33.8 Å². The van der Waals surface area contributed by atoms with E-state index >= 15 is 0 Å². The van der Waals surface area contributed by atoms with Crippen molar-refractivity contribution in [3.8, 4) is 33.8 Å². The van der Waals surface area contributed by atoms with Gasteiger partial charge < -0.3 is 46.9 Å². The molecule has 0 aliphatic carbocycles. The maximum atomic E-state index is 11.5. The molecule has 21 heteroatoms. The predicted octanol–water partition coefficient (Wildman–Crippen LogP) is 7.46. The van der Waals surface area contributed by atoms with E-state index in [-0.39, 0.29) is 59.3 Å². The number of carbonyl (C=O) groups is 3. The van der Waals surface area contributed by atoms with Gasteiger partial charge >= 0.3 is 29.6 Å². The number of rotatable bonds is 10. The number of hydrogen-bond acceptors (Lipinski definition) is 15. The summed E-state index contributed by atoms with van der Waals surface area (Å²) in [4.78, 5) is 66.3. The number of morpholine rings is 2. The number of halogens is 2. The average Bonchev–Trinajstić information content (AvgIpc) is 3.47. The molecule has 5 heterocycles. The van der Waals surface area contributed by atoms with Crippen molar-refractivity contribution in [2.75, 3.05) is 103 Å². The fourth-order valence-electron chi connectivity index (χ4n) is 7.79. The van der Waals surface area contributed by atoms with E-state index in [1.54, 1.807) is 61.5 Å². The van der Waals surface area contributed by atoms with Gasteiger partial charge in [0.15, 0.2) is 0 Å². The quantitative estimate of drug-likeness (QED) is 0.0690. The van der Waals surface area contributed by atoms with E-state index < -0.39 is 0 Å². The van der Waals surface area contributed by atoms with Gasteiger partial charge in [0.25, 0.3) is 0 Å². The van der Waals surface area contributed by atoms with Crippen LogP contribution in [-0.4, -0.2) is 114 Å². The second-order valence-corrected chi connectivity index (χ2v) is 18.3.